The smallest absolute Gasteiger partial charge is 0.0725 e. The number of thiophene rings is 1. The van der Waals surface area contributed by atoms with Gasteiger partial charge in [-0.2, -0.15) is 0 Å². The molecular formula is C42H25ClN2S. The molecule has 0 saturated carbocycles. The Labute approximate surface area is 273 Å². The van der Waals surface area contributed by atoms with E-state index in [9.17, 15) is 0 Å². The molecule has 10 aromatic rings. The Morgan fingerprint density at radius 3 is 1.50 bits per heavy atom. The molecule has 0 atom stereocenters. The Morgan fingerprint density at radius 2 is 0.913 bits per heavy atom. The molecule has 7 aromatic carbocycles. The minimum Gasteiger partial charge on any atom is -0.309 e. The van der Waals surface area contributed by atoms with Crippen molar-refractivity contribution in [2.75, 3.05) is 0 Å². The second-order valence-corrected chi connectivity index (χ2v) is 13.3. The molecule has 0 aliphatic rings. The molecule has 10 rings (SSSR count). The molecule has 0 unspecified atom stereocenters. The molecule has 0 fully saturated rings. The van der Waals surface area contributed by atoms with Gasteiger partial charge in [0.1, 0.15) is 0 Å². The van der Waals surface area contributed by atoms with Crippen LogP contribution in [0, 0.1) is 0 Å². The van der Waals surface area contributed by atoms with E-state index >= 15 is 0 Å². The average molecular weight is 625 g/mol. The van der Waals surface area contributed by atoms with Crippen LogP contribution in [0.25, 0.3) is 86.3 Å². The van der Waals surface area contributed by atoms with Gasteiger partial charge in [-0.25, -0.2) is 0 Å². The lowest BCUT2D eigenvalue weighted by atomic mass is 10.0. The lowest BCUT2D eigenvalue weighted by Gasteiger charge is -2.16. The van der Waals surface area contributed by atoms with Crippen molar-refractivity contribution in [3.05, 3.63) is 157 Å². The van der Waals surface area contributed by atoms with Crippen molar-refractivity contribution in [2.45, 2.75) is 0 Å². The van der Waals surface area contributed by atoms with Crippen molar-refractivity contribution in [1.82, 2.24) is 9.13 Å². The van der Waals surface area contributed by atoms with E-state index in [0.717, 1.165) is 38.6 Å². The molecule has 0 bridgehead atoms. The van der Waals surface area contributed by atoms with Crippen LogP contribution >= 0.6 is 22.9 Å². The largest absolute Gasteiger partial charge is 0.309 e. The summed E-state index contributed by atoms with van der Waals surface area (Å²) >= 11 is 9.42. The molecule has 0 spiro atoms. The van der Waals surface area contributed by atoms with Crippen LogP contribution < -0.4 is 0 Å². The lowest BCUT2D eigenvalue weighted by molar-refractivity contribution is 1.18. The molecule has 2 nitrogen and oxygen atoms in total. The van der Waals surface area contributed by atoms with Crippen molar-refractivity contribution in [3.63, 3.8) is 0 Å². The van der Waals surface area contributed by atoms with Gasteiger partial charge in [-0.05, 0) is 48.5 Å². The first-order chi connectivity index (χ1) is 22.8. The van der Waals surface area contributed by atoms with Crippen molar-refractivity contribution in [2.24, 2.45) is 0 Å². The van der Waals surface area contributed by atoms with Gasteiger partial charge in [-0.1, -0.05) is 115 Å². The maximum Gasteiger partial charge on any atom is 0.0725 e. The number of aromatic nitrogens is 2. The van der Waals surface area contributed by atoms with Crippen LogP contribution in [-0.4, -0.2) is 9.13 Å². The van der Waals surface area contributed by atoms with Gasteiger partial charge < -0.3 is 9.13 Å². The van der Waals surface area contributed by atoms with Crippen molar-refractivity contribution < 1.29 is 0 Å². The summed E-state index contributed by atoms with van der Waals surface area (Å²) in [5.41, 5.74) is 8.96. The van der Waals surface area contributed by atoms with E-state index in [1.54, 1.807) is 0 Å². The molecule has 3 heterocycles. The zero-order valence-electron chi connectivity index (χ0n) is 24.6. The summed E-state index contributed by atoms with van der Waals surface area (Å²) in [6.07, 6.45) is 0. The highest BCUT2D eigenvalue weighted by Crippen LogP contribution is 2.46. The van der Waals surface area contributed by atoms with E-state index < -0.39 is 0 Å². The third kappa shape index (κ3) is 3.58. The van der Waals surface area contributed by atoms with Gasteiger partial charge in [0.25, 0.3) is 0 Å². The monoisotopic (exact) mass is 624 g/mol. The van der Waals surface area contributed by atoms with Gasteiger partial charge in [0.15, 0.2) is 0 Å². The minimum atomic E-state index is 0.743. The fraction of sp³-hybridized carbons (Fsp3) is 0. The molecule has 0 aliphatic carbocycles. The Hall–Kier alpha value is -5.35. The number of hydrogen-bond donors (Lipinski definition) is 0. The second-order valence-electron chi connectivity index (χ2n) is 11.8. The average Bonchev–Trinajstić information content (AvgIpc) is 3.76. The van der Waals surface area contributed by atoms with Crippen molar-refractivity contribution in [3.8, 4) is 22.5 Å². The molecule has 216 valence electrons. The number of fused-ring (bicyclic) bond motifs is 9. The molecular weight excluding hydrogens is 600 g/mol. The fourth-order valence-electron chi connectivity index (χ4n) is 7.42. The molecule has 0 amide bonds. The van der Waals surface area contributed by atoms with Gasteiger partial charge in [0, 0.05) is 58.5 Å². The molecule has 0 N–H and O–H groups in total. The maximum absolute atomic E-state index is 7.58. The number of hydrogen-bond acceptors (Lipinski definition) is 1. The summed E-state index contributed by atoms with van der Waals surface area (Å²) in [6.45, 7) is 0. The predicted molar refractivity (Wildman–Crippen MR) is 198 cm³/mol. The van der Waals surface area contributed by atoms with Crippen LogP contribution in [0.5, 0.6) is 0 Å². The summed E-state index contributed by atoms with van der Waals surface area (Å²) in [7, 11) is 0. The molecule has 0 saturated heterocycles. The van der Waals surface area contributed by atoms with E-state index in [1.807, 2.05) is 11.3 Å². The first kappa shape index (κ1) is 25.9. The molecule has 46 heavy (non-hydrogen) atoms. The maximum atomic E-state index is 7.58. The summed E-state index contributed by atoms with van der Waals surface area (Å²) in [4.78, 5) is 0. The Kier molecular flexibility index (Phi) is 5.54. The van der Waals surface area contributed by atoms with Crippen molar-refractivity contribution in [1.29, 1.82) is 0 Å². The van der Waals surface area contributed by atoms with Gasteiger partial charge in [-0.15, -0.1) is 11.3 Å². The summed E-state index contributed by atoms with van der Waals surface area (Å²) < 4.78 is 7.24. The highest BCUT2D eigenvalue weighted by atomic mass is 35.5. The zero-order valence-corrected chi connectivity index (χ0v) is 26.2. The van der Waals surface area contributed by atoms with E-state index in [2.05, 4.69) is 161 Å². The molecule has 0 aliphatic heterocycles. The first-order valence-corrected chi connectivity index (χ1v) is 16.7. The summed E-state index contributed by atoms with van der Waals surface area (Å²) in [5.74, 6) is 0. The highest BCUT2D eigenvalue weighted by Gasteiger charge is 2.21. The summed E-state index contributed by atoms with van der Waals surface area (Å²) in [5, 5.41) is 8.20. The zero-order chi connectivity index (χ0) is 30.4. The number of para-hydroxylation sites is 4. The van der Waals surface area contributed by atoms with E-state index in [1.165, 1.54) is 52.8 Å². The number of benzene rings is 7. The van der Waals surface area contributed by atoms with E-state index in [4.69, 9.17) is 11.6 Å². The van der Waals surface area contributed by atoms with Crippen LogP contribution in [0.2, 0.25) is 5.02 Å². The van der Waals surface area contributed by atoms with Crippen LogP contribution in [0.1, 0.15) is 0 Å². The Balaban J connectivity index is 1.31. The topological polar surface area (TPSA) is 9.86 Å². The van der Waals surface area contributed by atoms with E-state index in [0.29, 0.717) is 0 Å². The van der Waals surface area contributed by atoms with Crippen LogP contribution in [0.3, 0.4) is 0 Å². The third-order valence-electron chi connectivity index (χ3n) is 9.39. The molecule has 0 radical (unpaired) electrons. The second kappa shape index (κ2) is 9.82. The number of halogens is 1. The first-order valence-electron chi connectivity index (χ1n) is 15.5. The Bertz CT molecular complexity index is 2730. The fourth-order valence-corrected chi connectivity index (χ4v) is 8.95. The molecule has 4 heteroatoms. The van der Waals surface area contributed by atoms with Crippen molar-refractivity contribution >= 4 is 86.7 Å². The van der Waals surface area contributed by atoms with Gasteiger partial charge in [-0.3, -0.25) is 0 Å². The van der Waals surface area contributed by atoms with Gasteiger partial charge >= 0.3 is 0 Å². The third-order valence-corrected chi connectivity index (χ3v) is 11.0. The SMILES string of the molecule is Clc1c(-c2cc(-n3c4ccccc4c4ccccc43)cc3c2sc2ccccc23)cccc1-n1c2ccccc2c2ccccc21. The van der Waals surface area contributed by atoms with Crippen LogP contribution in [0.4, 0.5) is 0 Å². The molecule has 3 aromatic heterocycles. The van der Waals surface area contributed by atoms with E-state index in [-0.39, 0.29) is 0 Å². The normalized spacial score (nSPS) is 12.0. The highest BCUT2D eigenvalue weighted by molar-refractivity contribution is 7.26. The van der Waals surface area contributed by atoms with Crippen LogP contribution in [-0.2, 0) is 0 Å². The quantitative estimate of drug-likeness (QED) is 0.185. The standard InChI is InChI=1S/C42H25ClN2S/c43-41-32(17-11-22-39(41)45-37-20-8-3-14-29(37)30-15-4-9-21-38(30)45)34-25-26(24-33-31-16-5-10-23-40(31)46-42(33)34)44-35-18-6-1-12-27(35)28-13-2-7-19-36(28)44/h1-25H. The Morgan fingerprint density at radius 1 is 0.413 bits per heavy atom. The predicted octanol–water partition coefficient (Wildman–Crippen LogP) is 12.6. The summed E-state index contributed by atoms with van der Waals surface area (Å²) in [6, 6.07) is 54.5. The van der Waals surface area contributed by atoms with Gasteiger partial charge in [0.2, 0.25) is 0 Å². The number of rotatable bonds is 3. The number of nitrogens with zero attached hydrogens (tertiary/aromatic N) is 2. The van der Waals surface area contributed by atoms with Crippen LogP contribution in [0.15, 0.2) is 152 Å². The van der Waals surface area contributed by atoms with Gasteiger partial charge in [0.05, 0.1) is 32.8 Å². The lowest BCUT2D eigenvalue weighted by Crippen LogP contribution is -1.98. The minimum absolute atomic E-state index is 0.743.